The van der Waals surface area contributed by atoms with E-state index in [1.807, 2.05) is 23.1 Å². The molecular weight excluding hydrogens is 334 g/mol. The van der Waals surface area contributed by atoms with Crippen molar-refractivity contribution in [2.24, 2.45) is 0 Å². The number of methoxy groups -OCH3 is 1. The molecule has 2 fully saturated rings. The van der Waals surface area contributed by atoms with Crippen LogP contribution in [0.4, 0.5) is 0 Å². The van der Waals surface area contributed by atoms with Gasteiger partial charge in [0.15, 0.2) is 0 Å². The zero-order valence-corrected chi connectivity index (χ0v) is 15.1. The molecule has 26 heavy (non-hydrogen) atoms. The molecular formula is C19H25N3O4. The number of hydrogen-bond acceptors (Lipinski definition) is 4. The van der Waals surface area contributed by atoms with Crippen LogP contribution in [0.15, 0.2) is 29.1 Å². The lowest BCUT2D eigenvalue weighted by molar-refractivity contribution is -0.188. The average Bonchev–Trinajstić information content (AvgIpc) is 2.98. The number of aromatic amines is 1. The first-order chi connectivity index (χ1) is 12.6. The van der Waals surface area contributed by atoms with Crippen LogP contribution >= 0.6 is 0 Å². The monoisotopic (exact) mass is 359 g/mol. The van der Waals surface area contributed by atoms with Gasteiger partial charge in [-0.15, -0.1) is 0 Å². The summed E-state index contributed by atoms with van der Waals surface area (Å²) in [5, 5.41) is 3.63. The van der Waals surface area contributed by atoms with E-state index in [2.05, 4.69) is 5.10 Å². The van der Waals surface area contributed by atoms with Gasteiger partial charge in [-0.1, -0.05) is 12.1 Å². The SMILES string of the molecule is CO[C@@H]1CCCOC12CCN(C(=O)Cn1[nH]c3ccccc3c1=O)CC2. The van der Waals surface area contributed by atoms with Gasteiger partial charge in [-0.3, -0.25) is 14.7 Å². The summed E-state index contributed by atoms with van der Waals surface area (Å²) in [6, 6.07) is 7.30. The van der Waals surface area contributed by atoms with Gasteiger partial charge < -0.3 is 14.4 Å². The molecule has 3 heterocycles. The standard InChI is InChI=1S/C19H25N3O4/c1-25-16-7-4-12-26-19(16)8-10-21(11-9-19)17(23)13-22-18(24)14-5-2-3-6-15(14)20-22/h2-3,5-6,16,20H,4,7-13H2,1H3/t16-/m1/s1. The second kappa shape index (κ2) is 6.89. The minimum atomic E-state index is -0.262. The number of carbonyl (C=O) groups excluding carboxylic acids is 1. The smallest absolute Gasteiger partial charge is 0.274 e. The Kier molecular flexibility index (Phi) is 4.58. The lowest BCUT2D eigenvalue weighted by Gasteiger charge is -2.48. The Morgan fingerprint density at radius 1 is 1.35 bits per heavy atom. The van der Waals surface area contributed by atoms with Gasteiger partial charge in [0.05, 0.1) is 22.6 Å². The van der Waals surface area contributed by atoms with Crippen LogP contribution in [0, 0.1) is 0 Å². The maximum absolute atomic E-state index is 12.7. The van der Waals surface area contributed by atoms with Crippen LogP contribution in [-0.4, -0.2) is 59.1 Å². The number of benzene rings is 1. The number of likely N-dealkylation sites (tertiary alicyclic amines) is 1. The topological polar surface area (TPSA) is 76.6 Å². The fourth-order valence-corrected chi connectivity index (χ4v) is 4.29. The first-order valence-corrected chi connectivity index (χ1v) is 9.25. The largest absolute Gasteiger partial charge is 0.378 e. The van der Waals surface area contributed by atoms with Crippen LogP contribution < -0.4 is 5.56 Å². The molecule has 2 aromatic rings. The predicted octanol–water partition coefficient (Wildman–Crippen LogP) is 1.52. The fraction of sp³-hybridized carbons (Fsp3) is 0.579. The second-order valence-electron chi connectivity index (χ2n) is 7.21. The number of hydrogen-bond donors (Lipinski definition) is 1. The van der Waals surface area contributed by atoms with E-state index in [9.17, 15) is 9.59 Å². The molecule has 0 aliphatic carbocycles. The predicted molar refractivity (Wildman–Crippen MR) is 97.1 cm³/mol. The Bertz CT molecular complexity index is 848. The summed E-state index contributed by atoms with van der Waals surface area (Å²) in [7, 11) is 1.74. The van der Waals surface area contributed by atoms with E-state index in [0.29, 0.717) is 18.5 Å². The number of piperidine rings is 1. The van der Waals surface area contributed by atoms with Gasteiger partial charge in [0, 0.05) is 26.8 Å². The summed E-state index contributed by atoms with van der Waals surface area (Å²) < 4.78 is 13.1. The molecule has 1 N–H and O–H groups in total. The van der Waals surface area contributed by atoms with E-state index in [4.69, 9.17) is 9.47 Å². The lowest BCUT2D eigenvalue weighted by Crippen LogP contribution is -2.57. The quantitative estimate of drug-likeness (QED) is 0.901. The molecule has 1 amide bonds. The summed E-state index contributed by atoms with van der Waals surface area (Å²) in [5.74, 6) is -0.0433. The molecule has 2 aliphatic heterocycles. The van der Waals surface area contributed by atoms with E-state index < -0.39 is 0 Å². The van der Waals surface area contributed by atoms with Gasteiger partial charge in [-0.25, -0.2) is 4.68 Å². The molecule has 1 aromatic carbocycles. The minimum Gasteiger partial charge on any atom is -0.378 e. The third-order valence-corrected chi connectivity index (χ3v) is 5.79. The van der Waals surface area contributed by atoms with Crippen LogP contribution in [0.5, 0.6) is 0 Å². The number of amides is 1. The molecule has 7 nitrogen and oxygen atoms in total. The van der Waals surface area contributed by atoms with Crippen molar-refractivity contribution in [1.82, 2.24) is 14.7 Å². The average molecular weight is 359 g/mol. The molecule has 1 aromatic heterocycles. The number of carbonyl (C=O) groups is 1. The fourth-order valence-electron chi connectivity index (χ4n) is 4.29. The molecule has 1 atom stereocenters. The molecule has 0 saturated carbocycles. The number of para-hydroxylation sites is 1. The Labute approximate surface area is 151 Å². The van der Waals surface area contributed by atoms with E-state index in [0.717, 1.165) is 37.8 Å². The normalized spacial score (nSPS) is 22.8. The maximum atomic E-state index is 12.7. The van der Waals surface area contributed by atoms with Gasteiger partial charge >= 0.3 is 0 Å². The van der Waals surface area contributed by atoms with Crippen LogP contribution in [-0.2, 0) is 20.8 Å². The van der Waals surface area contributed by atoms with Crippen molar-refractivity contribution < 1.29 is 14.3 Å². The summed E-state index contributed by atoms with van der Waals surface area (Å²) in [6.45, 7) is 2.06. The van der Waals surface area contributed by atoms with Crippen molar-refractivity contribution in [1.29, 1.82) is 0 Å². The van der Waals surface area contributed by atoms with Gasteiger partial charge in [0.25, 0.3) is 5.56 Å². The third kappa shape index (κ3) is 2.95. The van der Waals surface area contributed by atoms with Gasteiger partial charge in [0.2, 0.25) is 5.91 Å². The van der Waals surface area contributed by atoms with Crippen LogP contribution in [0.2, 0.25) is 0 Å². The van der Waals surface area contributed by atoms with Crippen molar-refractivity contribution in [3.63, 3.8) is 0 Å². The molecule has 0 bridgehead atoms. The Hall–Kier alpha value is -2.12. The number of rotatable bonds is 3. The van der Waals surface area contributed by atoms with E-state index in [-0.39, 0.29) is 29.7 Å². The van der Waals surface area contributed by atoms with E-state index in [1.165, 1.54) is 4.68 Å². The van der Waals surface area contributed by atoms with E-state index >= 15 is 0 Å². The Morgan fingerprint density at radius 3 is 2.85 bits per heavy atom. The summed E-state index contributed by atoms with van der Waals surface area (Å²) in [5.41, 5.74) is 0.334. The summed E-state index contributed by atoms with van der Waals surface area (Å²) >= 11 is 0. The molecule has 1 spiro atoms. The zero-order valence-electron chi connectivity index (χ0n) is 15.1. The van der Waals surface area contributed by atoms with Crippen LogP contribution in [0.1, 0.15) is 25.7 Å². The highest BCUT2D eigenvalue weighted by molar-refractivity contribution is 5.79. The highest BCUT2D eigenvalue weighted by Crippen LogP contribution is 2.36. The van der Waals surface area contributed by atoms with Crippen molar-refractivity contribution in [3.8, 4) is 0 Å². The third-order valence-electron chi connectivity index (χ3n) is 5.79. The highest BCUT2D eigenvalue weighted by atomic mass is 16.5. The molecule has 0 unspecified atom stereocenters. The molecule has 7 heteroatoms. The molecule has 4 rings (SSSR count). The Balaban J connectivity index is 1.43. The molecule has 140 valence electrons. The zero-order chi connectivity index (χ0) is 18.1. The summed E-state index contributed by atoms with van der Waals surface area (Å²) in [4.78, 5) is 26.9. The van der Waals surface area contributed by atoms with Crippen molar-refractivity contribution in [3.05, 3.63) is 34.6 Å². The Morgan fingerprint density at radius 2 is 2.12 bits per heavy atom. The minimum absolute atomic E-state index is 0.0368. The molecule has 0 radical (unpaired) electrons. The summed E-state index contributed by atoms with van der Waals surface area (Å²) in [6.07, 6.45) is 3.68. The molecule has 2 saturated heterocycles. The number of H-pyrrole nitrogens is 1. The van der Waals surface area contributed by atoms with E-state index in [1.54, 1.807) is 13.2 Å². The van der Waals surface area contributed by atoms with Crippen LogP contribution in [0.25, 0.3) is 10.9 Å². The maximum Gasteiger partial charge on any atom is 0.274 e. The number of ether oxygens (including phenoxy) is 2. The highest BCUT2D eigenvalue weighted by Gasteiger charge is 2.45. The van der Waals surface area contributed by atoms with Crippen molar-refractivity contribution in [2.45, 2.75) is 43.9 Å². The number of aromatic nitrogens is 2. The number of nitrogens with one attached hydrogen (secondary N) is 1. The van der Waals surface area contributed by atoms with Crippen molar-refractivity contribution >= 4 is 16.8 Å². The second-order valence-corrected chi connectivity index (χ2v) is 7.21. The number of fused-ring (bicyclic) bond motifs is 1. The molecule has 2 aliphatic rings. The van der Waals surface area contributed by atoms with Gasteiger partial charge in [-0.05, 0) is 37.8 Å². The first kappa shape index (κ1) is 17.3. The van der Waals surface area contributed by atoms with Crippen LogP contribution in [0.3, 0.4) is 0 Å². The number of nitrogens with zero attached hydrogens (tertiary/aromatic N) is 2. The van der Waals surface area contributed by atoms with Crippen molar-refractivity contribution in [2.75, 3.05) is 26.8 Å². The first-order valence-electron chi connectivity index (χ1n) is 9.25. The lowest BCUT2D eigenvalue weighted by atomic mass is 9.82. The van der Waals surface area contributed by atoms with Gasteiger partial charge in [-0.2, -0.15) is 0 Å². The van der Waals surface area contributed by atoms with Gasteiger partial charge in [0.1, 0.15) is 6.54 Å².